The van der Waals surface area contributed by atoms with Crippen molar-refractivity contribution < 1.29 is 4.79 Å². The third-order valence-corrected chi connectivity index (χ3v) is 4.03. The molecule has 5 heteroatoms. The normalized spacial score (nSPS) is 18.8. The molecule has 1 aromatic carbocycles. The maximum Gasteiger partial charge on any atom is 0.222 e. The first-order chi connectivity index (χ1) is 9.11. The fraction of sp³-hybridized carbons (Fsp3) is 0.500. The fourth-order valence-electron chi connectivity index (χ4n) is 2.48. The Hall–Kier alpha value is -1.07. The van der Waals surface area contributed by atoms with Gasteiger partial charge in [-0.3, -0.25) is 4.79 Å². The van der Waals surface area contributed by atoms with Gasteiger partial charge in [0.05, 0.1) is 5.92 Å². The zero-order valence-electron chi connectivity index (χ0n) is 11.2. The predicted molar refractivity (Wildman–Crippen MR) is 81.0 cm³/mol. The summed E-state index contributed by atoms with van der Waals surface area (Å²) in [6.07, 6.45) is 0.853. The third kappa shape index (κ3) is 3.48. The molecule has 0 radical (unpaired) electrons. The van der Waals surface area contributed by atoms with Crippen LogP contribution in [-0.2, 0) is 11.3 Å². The summed E-state index contributed by atoms with van der Waals surface area (Å²) in [6.45, 7) is 5.50. The van der Waals surface area contributed by atoms with Gasteiger partial charge in [-0.1, -0.05) is 22.9 Å². The molecule has 1 aromatic rings. The van der Waals surface area contributed by atoms with Gasteiger partial charge >= 0.3 is 0 Å². The lowest BCUT2D eigenvalue weighted by Crippen LogP contribution is -2.28. The predicted octanol–water partition coefficient (Wildman–Crippen LogP) is 1.87. The standard InChI is InChI=1S/C14H20BrN3O/c1-2-17-8-11-7-12(15)3-4-13(11)18-6-5-10(9-18)14(16)19/h3-4,7,10,17H,2,5-6,8-9H2,1H3,(H2,16,19). The molecule has 3 N–H and O–H groups in total. The van der Waals surface area contributed by atoms with Crippen LogP contribution in [0, 0.1) is 5.92 Å². The molecule has 0 bridgehead atoms. The van der Waals surface area contributed by atoms with Crippen LogP contribution in [0.4, 0.5) is 5.69 Å². The Labute approximate surface area is 122 Å². The summed E-state index contributed by atoms with van der Waals surface area (Å²) < 4.78 is 1.08. The van der Waals surface area contributed by atoms with E-state index in [1.807, 2.05) is 6.07 Å². The van der Waals surface area contributed by atoms with Crippen molar-refractivity contribution in [2.75, 3.05) is 24.5 Å². The van der Waals surface area contributed by atoms with Gasteiger partial charge in [-0.25, -0.2) is 0 Å². The van der Waals surface area contributed by atoms with Crippen molar-refractivity contribution in [1.82, 2.24) is 5.32 Å². The minimum atomic E-state index is -0.187. The van der Waals surface area contributed by atoms with Crippen molar-refractivity contribution in [3.05, 3.63) is 28.2 Å². The van der Waals surface area contributed by atoms with Gasteiger partial charge in [0.15, 0.2) is 0 Å². The maximum atomic E-state index is 11.3. The number of primary amides is 1. The molecule has 1 heterocycles. The van der Waals surface area contributed by atoms with E-state index < -0.39 is 0 Å². The van der Waals surface area contributed by atoms with Crippen molar-refractivity contribution in [3.8, 4) is 0 Å². The van der Waals surface area contributed by atoms with E-state index in [4.69, 9.17) is 5.73 Å². The molecule has 19 heavy (non-hydrogen) atoms. The van der Waals surface area contributed by atoms with Gasteiger partial charge in [-0.2, -0.15) is 0 Å². The topological polar surface area (TPSA) is 58.4 Å². The van der Waals surface area contributed by atoms with Crippen LogP contribution in [0.25, 0.3) is 0 Å². The number of anilines is 1. The third-order valence-electron chi connectivity index (χ3n) is 3.54. The molecule has 1 saturated heterocycles. The summed E-state index contributed by atoms with van der Waals surface area (Å²) in [6, 6.07) is 6.29. The maximum absolute atomic E-state index is 11.3. The van der Waals surface area contributed by atoms with Gasteiger partial charge in [-0.15, -0.1) is 0 Å². The van der Waals surface area contributed by atoms with Crippen LogP contribution < -0.4 is 16.0 Å². The number of rotatable bonds is 5. The Morgan fingerprint density at radius 2 is 2.37 bits per heavy atom. The van der Waals surface area contributed by atoms with E-state index >= 15 is 0 Å². The highest BCUT2D eigenvalue weighted by molar-refractivity contribution is 9.10. The van der Waals surface area contributed by atoms with E-state index in [9.17, 15) is 4.79 Å². The summed E-state index contributed by atoms with van der Waals surface area (Å²) in [5.41, 5.74) is 7.85. The van der Waals surface area contributed by atoms with Gasteiger partial charge in [-0.05, 0) is 36.7 Å². The average molecular weight is 326 g/mol. The van der Waals surface area contributed by atoms with Crippen LogP contribution in [-0.4, -0.2) is 25.5 Å². The summed E-state index contributed by atoms with van der Waals surface area (Å²) in [4.78, 5) is 13.5. The summed E-state index contributed by atoms with van der Waals surface area (Å²) in [7, 11) is 0. The van der Waals surface area contributed by atoms with Gasteiger partial charge in [0.25, 0.3) is 0 Å². The van der Waals surface area contributed by atoms with Crippen molar-refractivity contribution in [1.29, 1.82) is 0 Å². The number of amides is 1. The number of nitrogens with two attached hydrogens (primary N) is 1. The minimum absolute atomic E-state index is 0.0179. The Balaban J connectivity index is 2.17. The van der Waals surface area contributed by atoms with E-state index in [0.717, 1.165) is 37.1 Å². The number of nitrogens with zero attached hydrogens (tertiary/aromatic N) is 1. The Bertz CT molecular complexity index is 464. The Kier molecular flexibility index (Phi) is 4.82. The van der Waals surface area contributed by atoms with Gasteiger partial charge < -0.3 is 16.0 Å². The van der Waals surface area contributed by atoms with Crippen molar-refractivity contribution in [2.24, 2.45) is 11.7 Å². The molecule has 104 valence electrons. The molecule has 1 fully saturated rings. The second-order valence-corrected chi connectivity index (χ2v) is 5.80. The molecule has 1 unspecified atom stereocenters. The highest BCUT2D eigenvalue weighted by atomic mass is 79.9. The summed E-state index contributed by atoms with van der Waals surface area (Å²) >= 11 is 3.51. The second kappa shape index (κ2) is 6.39. The van der Waals surface area contributed by atoms with Crippen LogP contribution in [0.2, 0.25) is 0 Å². The quantitative estimate of drug-likeness (QED) is 0.868. The van der Waals surface area contributed by atoms with E-state index in [1.165, 1.54) is 11.3 Å². The molecule has 1 amide bonds. The number of hydrogen-bond acceptors (Lipinski definition) is 3. The highest BCUT2D eigenvalue weighted by Gasteiger charge is 2.27. The first-order valence-corrected chi connectivity index (χ1v) is 7.44. The molecule has 1 aliphatic rings. The smallest absolute Gasteiger partial charge is 0.222 e. The largest absolute Gasteiger partial charge is 0.370 e. The van der Waals surface area contributed by atoms with Crippen LogP contribution in [0.5, 0.6) is 0 Å². The lowest BCUT2D eigenvalue weighted by atomic mass is 10.1. The number of nitrogens with one attached hydrogen (secondary N) is 1. The monoisotopic (exact) mass is 325 g/mol. The van der Waals surface area contributed by atoms with Crippen LogP contribution in [0.15, 0.2) is 22.7 Å². The second-order valence-electron chi connectivity index (χ2n) is 4.89. The number of benzene rings is 1. The number of carbonyl (C=O) groups excluding carboxylic acids is 1. The van der Waals surface area contributed by atoms with Gasteiger partial charge in [0, 0.05) is 29.8 Å². The van der Waals surface area contributed by atoms with Crippen LogP contribution >= 0.6 is 15.9 Å². The molecular weight excluding hydrogens is 306 g/mol. The fourth-order valence-corrected chi connectivity index (χ4v) is 2.88. The molecule has 1 atom stereocenters. The van der Waals surface area contributed by atoms with Crippen LogP contribution in [0.3, 0.4) is 0 Å². The van der Waals surface area contributed by atoms with E-state index in [1.54, 1.807) is 0 Å². The molecule has 1 aliphatic heterocycles. The zero-order valence-corrected chi connectivity index (χ0v) is 12.7. The van der Waals surface area contributed by atoms with Gasteiger partial charge in [0.2, 0.25) is 5.91 Å². The van der Waals surface area contributed by atoms with Crippen molar-refractivity contribution >= 4 is 27.5 Å². The molecule has 0 saturated carbocycles. The van der Waals surface area contributed by atoms with E-state index in [-0.39, 0.29) is 11.8 Å². The first-order valence-electron chi connectivity index (χ1n) is 6.65. The van der Waals surface area contributed by atoms with Crippen molar-refractivity contribution in [3.63, 3.8) is 0 Å². The Morgan fingerprint density at radius 1 is 1.58 bits per heavy atom. The van der Waals surface area contributed by atoms with E-state index in [2.05, 4.69) is 45.2 Å². The summed E-state index contributed by atoms with van der Waals surface area (Å²) in [5, 5.41) is 3.35. The number of carbonyl (C=O) groups is 1. The molecular formula is C14H20BrN3O. The van der Waals surface area contributed by atoms with Gasteiger partial charge in [0.1, 0.15) is 0 Å². The van der Waals surface area contributed by atoms with Crippen molar-refractivity contribution in [2.45, 2.75) is 19.9 Å². The minimum Gasteiger partial charge on any atom is -0.370 e. The zero-order chi connectivity index (χ0) is 13.8. The highest BCUT2D eigenvalue weighted by Crippen LogP contribution is 2.29. The molecule has 4 nitrogen and oxygen atoms in total. The molecule has 2 rings (SSSR count). The molecule has 0 spiro atoms. The lowest BCUT2D eigenvalue weighted by molar-refractivity contribution is -0.121. The lowest BCUT2D eigenvalue weighted by Gasteiger charge is -2.22. The Morgan fingerprint density at radius 3 is 3.00 bits per heavy atom. The van der Waals surface area contributed by atoms with Crippen LogP contribution in [0.1, 0.15) is 18.9 Å². The number of hydrogen-bond donors (Lipinski definition) is 2. The number of halogens is 1. The van der Waals surface area contributed by atoms with E-state index in [0.29, 0.717) is 0 Å². The SMILES string of the molecule is CCNCc1cc(Br)ccc1N1CCC(C(N)=O)C1. The molecule has 0 aliphatic carbocycles. The summed E-state index contributed by atoms with van der Waals surface area (Å²) in [5.74, 6) is -0.205. The molecule has 0 aromatic heterocycles. The average Bonchev–Trinajstić information content (AvgIpc) is 2.86. The first kappa shape index (κ1) is 14.3.